The lowest BCUT2D eigenvalue weighted by Gasteiger charge is -2.39. The van der Waals surface area contributed by atoms with Gasteiger partial charge in [0.25, 0.3) is 10.0 Å². The van der Waals surface area contributed by atoms with Crippen LogP contribution in [0.15, 0.2) is 21.6 Å². The van der Waals surface area contributed by atoms with Crippen molar-refractivity contribution in [1.29, 1.82) is 0 Å². The zero-order chi connectivity index (χ0) is 14.2. The van der Waals surface area contributed by atoms with Crippen LogP contribution < -0.4 is 5.73 Å². The molecule has 19 heavy (non-hydrogen) atoms. The normalized spacial score (nSPS) is 29.6. The predicted molar refractivity (Wildman–Crippen MR) is 72.9 cm³/mol. The van der Waals surface area contributed by atoms with E-state index in [0.29, 0.717) is 24.1 Å². The Labute approximate surface area is 114 Å². The number of sulfonamides is 1. The number of nitrogens with zero attached hydrogens (tertiary/aromatic N) is 1. The maximum absolute atomic E-state index is 12.6. The molecule has 1 aliphatic heterocycles. The van der Waals surface area contributed by atoms with E-state index in [1.165, 1.54) is 6.07 Å². The Hall–Kier alpha value is -0.850. The van der Waals surface area contributed by atoms with Gasteiger partial charge in [0, 0.05) is 12.6 Å². The summed E-state index contributed by atoms with van der Waals surface area (Å²) < 4.78 is 32.1. The summed E-state index contributed by atoms with van der Waals surface area (Å²) in [6.07, 6.45) is 1.05. The van der Waals surface area contributed by atoms with Gasteiger partial charge in [0.2, 0.25) is 5.09 Å². The van der Waals surface area contributed by atoms with Crippen LogP contribution in [0.3, 0.4) is 0 Å². The van der Waals surface area contributed by atoms with E-state index in [2.05, 4.69) is 13.8 Å². The van der Waals surface area contributed by atoms with Gasteiger partial charge in [-0.3, -0.25) is 0 Å². The molecule has 1 aromatic heterocycles. The lowest BCUT2D eigenvalue weighted by molar-refractivity contribution is 0.155. The molecular formula is C13H22N2O3S. The molecule has 1 saturated heterocycles. The van der Waals surface area contributed by atoms with Crippen molar-refractivity contribution >= 4 is 10.0 Å². The van der Waals surface area contributed by atoms with Gasteiger partial charge in [0.05, 0.1) is 6.54 Å². The SMILES string of the molecule is CC1CC(C)C(C)N(S(=O)(=O)c2ccc(CN)o2)C1. The molecule has 108 valence electrons. The molecule has 0 aromatic carbocycles. The van der Waals surface area contributed by atoms with Crippen LogP contribution in [0.5, 0.6) is 0 Å². The molecular weight excluding hydrogens is 264 g/mol. The third kappa shape index (κ3) is 2.70. The van der Waals surface area contributed by atoms with Gasteiger partial charge in [-0.2, -0.15) is 4.31 Å². The van der Waals surface area contributed by atoms with Crippen molar-refractivity contribution < 1.29 is 12.8 Å². The third-order valence-corrected chi connectivity index (χ3v) is 5.77. The minimum Gasteiger partial charge on any atom is -0.447 e. The van der Waals surface area contributed by atoms with Crippen LogP contribution in [-0.2, 0) is 16.6 Å². The van der Waals surface area contributed by atoms with Gasteiger partial charge in [-0.1, -0.05) is 13.8 Å². The van der Waals surface area contributed by atoms with Crippen molar-refractivity contribution in [3.8, 4) is 0 Å². The van der Waals surface area contributed by atoms with E-state index in [-0.39, 0.29) is 17.7 Å². The Kier molecular flexibility index (Phi) is 4.03. The third-order valence-electron chi connectivity index (χ3n) is 3.94. The highest BCUT2D eigenvalue weighted by Crippen LogP contribution is 2.32. The lowest BCUT2D eigenvalue weighted by atomic mass is 9.88. The van der Waals surface area contributed by atoms with Crippen molar-refractivity contribution in [1.82, 2.24) is 4.31 Å². The van der Waals surface area contributed by atoms with Crippen LogP contribution in [0.25, 0.3) is 0 Å². The van der Waals surface area contributed by atoms with E-state index in [0.717, 1.165) is 6.42 Å². The van der Waals surface area contributed by atoms with Gasteiger partial charge >= 0.3 is 0 Å². The fourth-order valence-electron chi connectivity index (χ4n) is 2.70. The minimum absolute atomic E-state index is 0.00102. The van der Waals surface area contributed by atoms with E-state index in [1.54, 1.807) is 10.4 Å². The van der Waals surface area contributed by atoms with Gasteiger partial charge in [-0.25, -0.2) is 8.42 Å². The first-order chi connectivity index (χ1) is 8.86. The number of nitrogens with two attached hydrogens (primary N) is 1. The van der Waals surface area contributed by atoms with Crippen LogP contribution in [0.2, 0.25) is 0 Å². The fourth-order valence-corrected chi connectivity index (χ4v) is 4.48. The topological polar surface area (TPSA) is 76.5 Å². The van der Waals surface area contributed by atoms with Gasteiger partial charge in [0.15, 0.2) is 0 Å². The van der Waals surface area contributed by atoms with Crippen LogP contribution in [0.1, 0.15) is 33.0 Å². The summed E-state index contributed by atoms with van der Waals surface area (Å²) in [6, 6.07) is 3.11. The van der Waals surface area contributed by atoms with Crippen molar-refractivity contribution in [3.05, 3.63) is 17.9 Å². The van der Waals surface area contributed by atoms with E-state index in [4.69, 9.17) is 10.2 Å². The van der Waals surface area contributed by atoms with Gasteiger partial charge in [-0.15, -0.1) is 0 Å². The summed E-state index contributed by atoms with van der Waals surface area (Å²) >= 11 is 0. The van der Waals surface area contributed by atoms with Crippen molar-refractivity contribution in [2.24, 2.45) is 17.6 Å². The molecule has 0 amide bonds. The van der Waals surface area contributed by atoms with E-state index < -0.39 is 10.0 Å². The van der Waals surface area contributed by atoms with Gasteiger partial charge in [0.1, 0.15) is 5.76 Å². The number of rotatable bonds is 3. The van der Waals surface area contributed by atoms with Crippen molar-refractivity contribution in [2.75, 3.05) is 6.54 Å². The smallest absolute Gasteiger partial charge is 0.276 e. The Morgan fingerprint density at radius 2 is 2.05 bits per heavy atom. The molecule has 2 rings (SSSR count). The molecule has 1 aromatic rings. The van der Waals surface area contributed by atoms with Crippen LogP contribution >= 0.6 is 0 Å². The minimum atomic E-state index is -3.56. The van der Waals surface area contributed by atoms with Crippen molar-refractivity contribution in [3.63, 3.8) is 0 Å². The fraction of sp³-hybridized carbons (Fsp3) is 0.692. The molecule has 0 radical (unpaired) electrons. The molecule has 1 fully saturated rings. The summed E-state index contributed by atoms with van der Waals surface area (Å²) in [7, 11) is -3.56. The summed E-state index contributed by atoms with van der Waals surface area (Å²) in [4.78, 5) is 0. The highest BCUT2D eigenvalue weighted by Gasteiger charge is 2.38. The quantitative estimate of drug-likeness (QED) is 0.919. The number of piperidine rings is 1. The zero-order valence-corrected chi connectivity index (χ0v) is 12.5. The highest BCUT2D eigenvalue weighted by molar-refractivity contribution is 7.89. The summed E-state index contributed by atoms with van der Waals surface area (Å²) in [5.41, 5.74) is 5.45. The maximum Gasteiger partial charge on any atom is 0.276 e. The van der Waals surface area contributed by atoms with E-state index >= 15 is 0 Å². The first-order valence-corrected chi connectivity index (χ1v) is 8.11. The number of furan rings is 1. The molecule has 1 aliphatic rings. The number of hydrogen-bond acceptors (Lipinski definition) is 4. The molecule has 2 heterocycles. The molecule has 0 aliphatic carbocycles. The zero-order valence-electron chi connectivity index (χ0n) is 11.7. The second kappa shape index (κ2) is 5.26. The van der Waals surface area contributed by atoms with E-state index in [9.17, 15) is 8.42 Å². The molecule has 6 heteroatoms. The van der Waals surface area contributed by atoms with E-state index in [1.807, 2.05) is 6.92 Å². The highest BCUT2D eigenvalue weighted by atomic mass is 32.2. The molecule has 0 spiro atoms. The predicted octanol–water partition coefficient (Wildman–Crippen LogP) is 1.79. The van der Waals surface area contributed by atoms with Gasteiger partial charge in [-0.05, 0) is 37.3 Å². The summed E-state index contributed by atoms with van der Waals surface area (Å²) in [5.74, 6) is 1.21. The molecule has 0 saturated carbocycles. The molecule has 2 N–H and O–H groups in total. The molecule has 0 bridgehead atoms. The van der Waals surface area contributed by atoms with Gasteiger partial charge < -0.3 is 10.2 Å². The number of hydrogen-bond donors (Lipinski definition) is 1. The van der Waals surface area contributed by atoms with Crippen LogP contribution in [0.4, 0.5) is 0 Å². The Morgan fingerprint density at radius 1 is 1.37 bits per heavy atom. The average molecular weight is 286 g/mol. The molecule has 3 unspecified atom stereocenters. The lowest BCUT2D eigenvalue weighted by Crippen LogP contribution is -2.48. The average Bonchev–Trinajstić information content (AvgIpc) is 2.83. The van der Waals surface area contributed by atoms with Crippen LogP contribution in [0, 0.1) is 11.8 Å². The summed E-state index contributed by atoms with van der Waals surface area (Å²) in [5, 5.41) is 0.00102. The Balaban J connectivity index is 2.32. The largest absolute Gasteiger partial charge is 0.447 e. The maximum atomic E-state index is 12.6. The standard InChI is InChI=1S/C13H22N2O3S/c1-9-6-10(2)11(3)15(8-9)19(16,17)13-5-4-12(7-14)18-13/h4-5,9-11H,6-8,14H2,1-3H3. The monoisotopic (exact) mass is 286 g/mol. The Morgan fingerprint density at radius 3 is 2.63 bits per heavy atom. The van der Waals surface area contributed by atoms with Crippen molar-refractivity contribution in [2.45, 2.75) is 44.9 Å². The molecule has 3 atom stereocenters. The Bertz CT molecular complexity index is 538. The summed E-state index contributed by atoms with van der Waals surface area (Å²) in [6.45, 7) is 6.89. The molecule has 5 nitrogen and oxygen atoms in total. The van der Waals surface area contributed by atoms with Crippen LogP contribution in [-0.4, -0.2) is 25.3 Å². The first kappa shape index (κ1) is 14.6. The second-order valence-electron chi connectivity index (χ2n) is 5.56. The first-order valence-electron chi connectivity index (χ1n) is 6.67. The second-order valence-corrected chi connectivity index (χ2v) is 7.38.